The van der Waals surface area contributed by atoms with E-state index in [1.165, 1.54) is 43.2 Å². The quantitative estimate of drug-likeness (QED) is 0.142. The first-order valence-electron chi connectivity index (χ1n) is 16.1. The minimum atomic E-state index is -2.06. The highest BCUT2D eigenvalue weighted by atomic mass is 31.2. The maximum atomic E-state index is 2.53. The molecule has 0 amide bonds. The molecule has 0 aromatic heterocycles. The van der Waals surface area contributed by atoms with Crippen molar-refractivity contribution >= 4 is 63.4 Å². The molecule has 0 bridgehead atoms. The minimum absolute atomic E-state index is 1.15. The first kappa shape index (κ1) is 30.8. The monoisotopic (exact) mass is 643 g/mol. The Hall–Kier alpha value is -4.80. The van der Waals surface area contributed by atoms with Crippen LogP contribution in [-0.4, -0.2) is 13.3 Å². The fraction of sp³-hybridized carbons (Fsp3) is 0.0455. The van der Waals surface area contributed by atoms with Crippen LogP contribution in [0, 0.1) is 0 Å². The molecule has 7 aromatic rings. The van der Waals surface area contributed by atoms with E-state index < -0.39 is 14.5 Å². The van der Waals surface area contributed by atoms with Crippen LogP contribution in [-0.2, 0) is 0 Å². The van der Waals surface area contributed by atoms with E-state index in [1.807, 2.05) is 0 Å². The highest BCUT2D eigenvalue weighted by molar-refractivity contribution is 7.95. The summed E-state index contributed by atoms with van der Waals surface area (Å²) < 4.78 is 0. The molecule has 47 heavy (non-hydrogen) atoms. The smallest absolute Gasteiger partial charge is 0.128 e. The van der Waals surface area contributed by atoms with Crippen molar-refractivity contribution in [3.63, 3.8) is 0 Å². The van der Waals surface area contributed by atoms with Gasteiger partial charge in [0.25, 0.3) is 0 Å². The summed E-state index contributed by atoms with van der Waals surface area (Å²) in [4.78, 5) is 2.53. The maximum Gasteiger partial charge on any atom is 0.128 e. The molecule has 7 rings (SSSR count). The SMILES string of the molecule is C[P+](c1ccccc1)(c1ccccc1)c1ccccc1N(c1ccccc1)c1ccccc1[P+](C)(c1ccccc1)c1ccccc1. The van der Waals surface area contributed by atoms with Crippen molar-refractivity contribution in [3.05, 3.63) is 200 Å². The largest absolute Gasteiger partial charge is 0.303 e. The number of anilines is 3. The van der Waals surface area contributed by atoms with E-state index in [2.05, 4.69) is 218 Å². The second-order valence-corrected chi connectivity index (χ2v) is 19.1. The van der Waals surface area contributed by atoms with E-state index in [0.717, 1.165) is 5.69 Å². The number of rotatable bonds is 9. The second-order valence-electron chi connectivity index (χ2n) is 12.0. The van der Waals surface area contributed by atoms with Gasteiger partial charge in [-0.25, -0.2) is 0 Å². The van der Waals surface area contributed by atoms with Crippen LogP contribution in [0.1, 0.15) is 0 Å². The summed E-state index contributed by atoms with van der Waals surface area (Å²) in [5.74, 6) is 0. The van der Waals surface area contributed by atoms with Gasteiger partial charge in [0, 0.05) is 5.69 Å². The average molecular weight is 644 g/mol. The van der Waals surface area contributed by atoms with Crippen LogP contribution in [0.3, 0.4) is 0 Å². The Kier molecular flexibility index (Phi) is 8.86. The van der Waals surface area contributed by atoms with Crippen molar-refractivity contribution < 1.29 is 0 Å². The summed E-state index contributed by atoms with van der Waals surface area (Å²) in [6.07, 6.45) is 0. The van der Waals surface area contributed by atoms with Gasteiger partial charge in [0.05, 0.1) is 24.7 Å². The van der Waals surface area contributed by atoms with Gasteiger partial charge in [0.1, 0.15) is 46.4 Å². The fourth-order valence-corrected chi connectivity index (χ4v) is 13.6. The predicted octanol–water partition coefficient (Wildman–Crippen LogP) is 9.00. The summed E-state index contributed by atoms with van der Waals surface area (Å²) in [5, 5.41) is 8.18. The van der Waals surface area contributed by atoms with Gasteiger partial charge in [-0.1, -0.05) is 115 Å². The van der Waals surface area contributed by atoms with Crippen molar-refractivity contribution in [2.75, 3.05) is 18.2 Å². The number of nitrogens with zero attached hydrogens (tertiary/aromatic N) is 1. The van der Waals surface area contributed by atoms with E-state index in [0.29, 0.717) is 0 Å². The third-order valence-electron chi connectivity index (χ3n) is 9.31. The van der Waals surface area contributed by atoms with Gasteiger partial charge in [-0.15, -0.1) is 0 Å². The predicted molar refractivity (Wildman–Crippen MR) is 210 cm³/mol. The van der Waals surface area contributed by atoms with Crippen molar-refractivity contribution in [1.29, 1.82) is 0 Å². The highest BCUT2D eigenvalue weighted by Gasteiger charge is 2.46. The Morgan fingerprint density at radius 2 is 0.553 bits per heavy atom. The summed E-state index contributed by atoms with van der Waals surface area (Å²) in [6, 6.07) is 73.5. The van der Waals surface area contributed by atoms with Crippen molar-refractivity contribution in [2.45, 2.75) is 0 Å². The molecule has 0 aliphatic carbocycles. The van der Waals surface area contributed by atoms with Gasteiger partial charge in [0.2, 0.25) is 0 Å². The normalized spacial score (nSPS) is 11.6. The van der Waals surface area contributed by atoms with Crippen LogP contribution in [0.15, 0.2) is 200 Å². The van der Waals surface area contributed by atoms with Gasteiger partial charge >= 0.3 is 0 Å². The van der Waals surface area contributed by atoms with Crippen LogP contribution in [0.4, 0.5) is 17.1 Å². The Labute approximate surface area is 280 Å². The topological polar surface area (TPSA) is 3.24 Å². The Morgan fingerprint density at radius 1 is 0.298 bits per heavy atom. The summed E-state index contributed by atoms with van der Waals surface area (Å²) in [6.45, 7) is 4.97. The molecule has 0 atom stereocenters. The Balaban J connectivity index is 1.54. The van der Waals surface area contributed by atoms with Crippen LogP contribution in [0.5, 0.6) is 0 Å². The number of hydrogen-bond donors (Lipinski definition) is 0. The molecule has 0 N–H and O–H groups in total. The van der Waals surface area contributed by atoms with Crippen molar-refractivity contribution in [3.8, 4) is 0 Å². The third-order valence-corrected chi connectivity index (χ3v) is 17.3. The first-order valence-corrected chi connectivity index (χ1v) is 20.6. The molecule has 7 aromatic carbocycles. The zero-order valence-corrected chi connectivity index (χ0v) is 28.7. The van der Waals surface area contributed by atoms with Crippen LogP contribution in [0.2, 0.25) is 0 Å². The molecule has 0 heterocycles. The lowest BCUT2D eigenvalue weighted by Gasteiger charge is -2.34. The molecule has 0 saturated carbocycles. The van der Waals surface area contributed by atoms with Crippen LogP contribution >= 0.6 is 14.5 Å². The summed E-state index contributed by atoms with van der Waals surface area (Å²) in [5.41, 5.74) is 3.57. The number of para-hydroxylation sites is 3. The van der Waals surface area contributed by atoms with Gasteiger partial charge in [-0.3, -0.25) is 0 Å². The molecule has 0 fully saturated rings. The molecule has 0 radical (unpaired) electrons. The van der Waals surface area contributed by atoms with Gasteiger partial charge in [-0.05, 0) is 84.9 Å². The number of benzene rings is 7. The second kappa shape index (κ2) is 13.5. The summed E-state index contributed by atoms with van der Waals surface area (Å²) in [7, 11) is -4.13. The number of hydrogen-bond acceptors (Lipinski definition) is 1. The molecule has 0 saturated heterocycles. The molecular formula is C44H39NP2+2. The molecule has 0 unspecified atom stereocenters. The van der Waals surface area contributed by atoms with E-state index >= 15 is 0 Å². The lowest BCUT2D eigenvalue weighted by Crippen LogP contribution is -2.36. The average Bonchev–Trinajstić information content (AvgIpc) is 3.16. The van der Waals surface area contributed by atoms with E-state index in [-0.39, 0.29) is 0 Å². The zero-order chi connectivity index (χ0) is 32.1. The van der Waals surface area contributed by atoms with E-state index in [9.17, 15) is 0 Å². The van der Waals surface area contributed by atoms with Crippen LogP contribution < -0.4 is 36.7 Å². The van der Waals surface area contributed by atoms with E-state index in [4.69, 9.17) is 0 Å². The van der Waals surface area contributed by atoms with Gasteiger partial charge in [-0.2, -0.15) is 0 Å². The third kappa shape index (κ3) is 5.72. The Bertz CT molecular complexity index is 1840. The molecule has 0 spiro atoms. The molecule has 0 aliphatic heterocycles. The zero-order valence-electron chi connectivity index (χ0n) is 26.9. The van der Waals surface area contributed by atoms with Gasteiger partial charge < -0.3 is 4.90 Å². The Morgan fingerprint density at radius 3 is 0.872 bits per heavy atom. The first-order chi connectivity index (χ1) is 23.1. The molecular weight excluding hydrogens is 604 g/mol. The van der Waals surface area contributed by atoms with Crippen LogP contribution in [0.25, 0.3) is 0 Å². The van der Waals surface area contributed by atoms with Crippen molar-refractivity contribution in [2.24, 2.45) is 0 Å². The highest BCUT2D eigenvalue weighted by Crippen LogP contribution is 2.57. The lowest BCUT2D eigenvalue weighted by molar-refractivity contribution is 1.30. The maximum absolute atomic E-state index is 2.53. The standard InChI is InChI=1S/C44H39NP2/c1-46(37-24-10-4-11-25-37,38-26-12-5-13-27-38)43-34-20-18-32-41(43)45(36-22-8-3-9-23-36)42-33-19-21-35-44(42)47(2,39-28-14-6-15-29-39)40-30-16-7-17-31-40/h3-35H,1-2H3/q+2. The molecule has 228 valence electrons. The molecule has 1 nitrogen and oxygen atoms in total. The van der Waals surface area contributed by atoms with Crippen molar-refractivity contribution in [1.82, 2.24) is 0 Å². The molecule has 0 aliphatic rings. The fourth-order valence-electron chi connectivity index (χ4n) is 6.81. The van der Waals surface area contributed by atoms with E-state index in [1.54, 1.807) is 0 Å². The lowest BCUT2D eigenvalue weighted by atomic mass is 10.2. The van der Waals surface area contributed by atoms with Gasteiger partial charge in [0.15, 0.2) is 0 Å². The molecule has 3 heteroatoms. The summed E-state index contributed by atoms with van der Waals surface area (Å²) >= 11 is 0. The minimum Gasteiger partial charge on any atom is -0.303 e.